The third-order valence-electron chi connectivity index (χ3n) is 4.61. The lowest BCUT2D eigenvalue weighted by Crippen LogP contribution is -2.54. The smallest absolute Gasteiger partial charge is 0.237 e. The summed E-state index contributed by atoms with van der Waals surface area (Å²) in [5.74, 6) is 0.730. The van der Waals surface area contributed by atoms with E-state index >= 15 is 0 Å². The van der Waals surface area contributed by atoms with Gasteiger partial charge in [-0.15, -0.1) is 0 Å². The highest BCUT2D eigenvalue weighted by Gasteiger charge is 2.28. The first-order valence-corrected chi connectivity index (χ1v) is 8.36. The molecule has 0 saturated carbocycles. The Kier molecular flexibility index (Phi) is 8.22. The molecule has 0 aromatic heterocycles. The van der Waals surface area contributed by atoms with E-state index < -0.39 is 6.04 Å². The highest BCUT2D eigenvalue weighted by Crippen LogP contribution is 2.19. The van der Waals surface area contributed by atoms with Crippen molar-refractivity contribution < 1.29 is 9.53 Å². The first kappa shape index (κ1) is 18.4. The number of hydrogen-bond acceptors (Lipinski definition) is 4. The second kappa shape index (κ2) is 9.38. The number of nitrogens with zero attached hydrogens (tertiary/aromatic N) is 1. The van der Waals surface area contributed by atoms with Crippen LogP contribution < -0.4 is 11.1 Å². The fraction of sp³-hybridized carbons (Fsp3) is 0.938. The average molecular weight is 299 g/mol. The molecular formula is C16H33N3O2. The summed E-state index contributed by atoms with van der Waals surface area (Å²) < 4.78 is 5.44. The van der Waals surface area contributed by atoms with Crippen LogP contribution in [0.15, 0.2) is 0 Å². The molecule has 1 saturated heterocycles. The van der Waals surface area contributed by atoms with Gasteiger partial charge in [0, 0.05) is 25.7 Å². The summed E-state index contributed by atoms with van der Waals surface area (Å²) in [6.07, 6.45) is 2.26. The fourth-order valence-corrected chi connectivity index (χ4v) is 2.96. The SMILES string of the molecule is CCC(CC)C(CNC(=O)[C@@H](N)C(C)C)N1CCOCC1. The Bertz CT molecular complexity index is 300. The van der Waals surface area contributed by atoms with E-state index in [9.17, 15) is 4.79 Å². The van der Waals surface area contributed by atoms with Crippen LogP contribution >= 0.6 is 0 Å². The van der Waals surface area contributed by atoms with Crippen LogP contribution in [0, 0.1) is 11.8 Å². The topological polar surface area (TPSA) is 67.6 Å². The van der Waals surface area contributed by atoms with E-state index in [4.69, 9.17) is 10.5 Å². The lowest BCUT2D eigenvalue weighted by Gasteiger charge is -2.39. The maximum atomic E-state index is 12.1. The van der Waals surface area contributed by atoms with Gasteiger partial charge in [0.1, 0.15) is 0 Å². The Balaban J connectivity index is 2.62. The quantitative estimate of drug-likeness (QED) is 0.707. The lowest BCUT2D eigenvalue weighted by molar-refractivity contribution is -0.123. The van der Waals surface area contributed by atoms with Crippen LogP contribution in [-0.2, 0) is 9.53 Å². The van der Waals surface area contributed by atoms with E-state index in [-0.39, 0.29) is 11.8 Å². The van der Waals surface area contributed by atoms with Gasteiger partial charge in [0.25, 0.3) is 0 Å². The summed E-state index contributed by atoms with van der Waals surface area (Å²) in [6.45, 7) is 12.6. The van der Waals surface area contributed by atoms with Crippen LogP contribution in [0.2, 0.25) is 0 Å². The van der Waals surface area contributed by atoms with Crippen LogP contribution in [0.1, 0.15) is 40.5 Å². The predicted molar refractivity (Wildman–Crippen MR) is 86.1 cm³/mol. The molecule has 5 nitrogen and oxygen atoms in total. The zero-order valence-corrected chi connectivity index (χ0v) is 14.1. The minimum atomic E-state index is -0.419. The lowest BCUT2D eigenvalue weighted by atomic mass is 9.92. The number of nitrogens with one attached hydrogen (secondary N) is 1. The monoisotopic (exact) mass is 299 g/mol. The molecule has 1 aliphatic heterocycles. The number of carbonyl (C=O) groups is 1. The number of morpholine rings is 1. The molecule has 0 bridgehead atoms. The highest BCUT2D eigenvalue weighted by molar-refractivity contribution is 5.81. The van der Waals surface area contributed by atoms with Gasteiger partial charge < -0.3 is 15.8 Å². The van der Waals surface area contributed by atoms with E-state index in [1.165, 1.54) is 0 Å². The van der Waals surface area contributed by atoms with Crippen molar-refractivity contribution in [2.75, 3.05) is 32.8 Å². The maximum Gasteiger partial charge on any atom is 0.237 e. The Morgan fingerprint density at radius 2 is 1.81 bits per heavy atom. The van der Waals surface area contributed by atoms with E-state index in [1.54, 1.807) is 0 Å². The van der Waals surface area contributed by atoms with E-state index in [2.05, 4.69) is 24.1 Å². The van der Waals surface area contributed by atoms with Gasteiger partial charge >= 0.3 is 0 Å². The molecule has 1 unspecified atom stereocenters. The molecule has 0 aromatic rings. The second-order valence-corrected chi connectivity index (χ2v) is 6.31. The Morgan fingerprint density at radius 1 is 1.24 bits per heavy atom. The van der Waals surface area contributed by atoms with Crippen LogP contribution in [0.25, 0.3) is 0 Å². The first-order valence-electron chi connectivity index (χ1n) is 8.36. The summed E-state index contributed by atoms with van der Waals surface area (Å²) in [6, 6.07) is -0.0377. The van der Waals surface area contributed by atoms with Crippen molar-refractivity contribution in [3.05, 3.63) is 0 Å². The van der Waals surface area contributed by atoms with Crippen molar-refractivity contribution in [3.63, 3.8) is 0 Å². The van der Waals surface area contributed by atoms with E-state index in [1.807, 2.05) is 13.8 Å². The van der Waals surface area contributed by atoms with E-state index in [0.29, 0.717) is 18.5 Å². The normalized spacial score (nSPS) is 19.8. The van der Waals surface area contributed by atoms with Crippen LogP contribution in [0.4, 0.5) is 0 Å². The minimum Gasteiger partial charge on any atom is -0.379 e. The minimum absolute atomic E-state index is 0.0331. The fourth-order valence-electron chi connectivity index (χ4n) is 2.96. The van der Waals surface area contributed by atoms with Gasteiger partial charge in [-0.3, -0.25) is 9.69 Å². The van der Waals surface area contributed by atoms with Crippen LogP contribution in [-0.4, -0.2) is 55.7 Å². The predicted octanol–water partition coefficient (Wildman–Crippen LogP) is 1.22. The van der Waals surface area contributed by atoms with Crippen molar-refractivity contribution in [1.82, 2.24) is 10.2 Å². The van der Waals surface area contributed by atoms with Gasteiger partial charge in [-0.05, 0) is 11.8 Å². The van der Waals surface area contributed by atoms with E-state index in [0.717, 1.165) is 39.1 Å². The van der Waals surface area contributed by atoms with Crippen molar-refractivity contribution >= 4 is 5.91 Å². The van der Waals surface area contributed by atoms with Crippen LogP contribution in [0.3, 0.4) is 0 Å². The van der Waals surface area contributed by atoms with Gasteiger partial charge in [-0.2, -0.15) is 0 Å². The Labute approximate surface area is 129 Å². The first-order chi connectivity index (χ1) is 10.0. The molecule has 1 rings (SSSR count). The average Bonchev–Trinajstić information content (AvgIpc) is 2.51. The second-order valence-electron chi connectivity index (χ2n) is 6.31. The summed E-state index contributed by atoms with van der Waals surface area (Å²) >= 11 is 0. The molecule has 124 valence electrons. The molecule has 0 aliphatic carbocycles. The molecule has 1 amide bonds. The number of ether oxygens (including phenoxy) is 1. The van der Waals surface area contributed by atoms with Crippen molar-refractivity contribution in [1.29, 1.82) is 0 Å². The van der Waals surface area contributed by atoms with Crippen molar-refractivity contribution in [2.45, 2.75) is 52.6 Å². The summed E-state index contributed by atoms with van der Waals surface area (Å²) in [5.41, 5.74) is 5.92. The molecule has 1 aliphatic rings. The Morgan fingerprint density at radius 3 is 2.29 bits per heavy atom. The number of rotatable bonds is 8. The molecule has 21 heavy (non-hydrogen) atoms. The molecule has 5 heteroatoms. The van der Waals surface area contributed by atoms with Gasteiger partial charge in [0.05, 0.1) is 19.3 Å². The number of hydrogen-bond donors (Lipinski definition) is 2. The van der Waals surface area contributed by atoms with Gasteiger partial charge in [0.2, 0.25) is 5.91 Å². The number of nitrogens with two attached hydrogens (primary N) is 1. The zero-order valence-electron chi connectivity index (χ0n) is 14.1. The van der Waals surface area contributed by atoms with Gasteiger partial charge in [0.15, 0.2) is 0 Å². The molecule has 1 fully saturated rings. The molecular weight excluding hydrogens is 266 g/mol. The molecule has 0 radical (unpaired) electrons. The highest BCUT2D eigenvalue weighted by atomic mass is 16.5. The third-order valence-corrected chi connectivity index (χ3v) is 4.61. The number of carbonyl (C=O) groups excluding carboxylic acids is 1. The molecule has 3 N–H and O–H groups in total. The summed E-state index contributed by atoms with van der Waals surface area (Å²) in [5, 5.41) is 3.06. The van der Waals surface area contributed by atoms with Gasteiger partial charge in [-0.25, -0.2) is 0 Å². The zero-order chi connectivity index (χ0) is 15.8. The standard InChI is InChI=1S/C16H33N3O2/c1-5-13(6-2)14(19-7-9-21-10-8-19)11-18-16(20)15(17)12(3)4/h12-15H,5-11,17H2,1-4H3,(H,18,20)/t14?,15-/m0/s1. The van der Waals surface area contributed by atoms with Crippen molar-refractivity contribution in [3.8, 4) is 0 Å². The molecule has 2 atom stereocenters. The molecule has 0 aromatic carbocycles. The largest absolute Gasteiger partial charge is 0.379 e. The maximum absolute atomic E-state index is 12.1. The number of amides is 1. The summed E-state index contributed by atoms with van der Waals surface area (Å²) in [4.78, 5) is 14.6. The van der Waals surface area contributed by atoms with Crippen LogP contribution in [0.5, 0.6) is 0 Å². The molecule has 0 spiro atoms. The third kappa shape index (κ3) is 5.57. The molecule has 1 heterocycles. The summed E-state index contributed by atoms with van der Waals surface area (Å²) in [7, 11) is 0. The van der Waals surface area contributed by atoms with Gasteiger partial charge in [-0.1, -0.05) is 40.5 Å². The van der Waals surface area contributed by atoms with Crippen molar-refractivity contribution in [2.24, 2.45) is 17.6 Å². The Hall–Kier alpha value is -0.650.